The van der Waals surface area contributed by atoms with Gasteiger partial charge in [0.1, 0.15) is 0 Å². The Hall–Kier alpha value is -6.01. The van der Waals surface area contributed by atoms with E-state index in [2.05, 4.69) is 102 Å². The molecule has 0 aromatic heterocycles. The molecule has 57 heavy (non-hydrogen) atoms. The van der Waals surface area contributed by atoms with E-state index in [1.54, 1.807) is 0 Å². The fourth-order valence-electron chi connectivity index (χ4n) is 8.54. The van der Waals surface area contributed by atoms with Gasteiger partial charge < -0.3 is 4.90 Å². The Kier molecular flexibility index (Phi) is 11.9. The van der Waals surface area contributed by atoms with Gasteiger partial charge in [0.15, 0.2) is 0 Å². The first-order valence-electron chi connectivity index (χ1n) is 21.0. The number of carbonyl (C=O) groups excluding carboxylic acids is 2. The van der Waals surface area contributed by atoms with Gasteiger partial charge in [0.25, 0.3) is 11.8 Å². The van der Waals surface area contributed by atoms with Gasteiger partial charge in [-0.15, -0.1) is 0 Å². The van der Waals surface area contributed by atoms with Crippen molar-refractivity contribution < 1.29 is 9.59 Å². The van der Waals surface area contributed by atoms with Gasteiger partial charge in [0, 0.05) is 51.9 Å². The molecule has 0 N–H and O–H groups in total. The molecule has 1 unspecified atom stereocenters. The van der Waals surface area contributed by atoms with Crippen molar-refractivity contribution >= 4 is 51.0 Å². The molecule has 0 bridgehead atoms. The number of para-hydroxylation sites is 2. The summed E-state index contributed by atoms with van der Waals surface area (Å²) in [5, 5.41) is 8.99. The lowest BCUT2D eigenvalue weighted by atomic mass is 9.92. The van der Waals surface area contributed by atoms with E-state index in [9.17, 15) is 9.59 Å². The number of hydrogen-bond acceptors (Lipinski definition) is 5. The maximum atomic E-state index is 14.0. The Bertz CT molecular complexity index is 2260. The first-order valence-corrected chi connectivity index (χ1v) is 21.0. The van der Waals surface area contributed by atoms with Crippen molar-refractivity contribution in [1.29, 1.82) is 0 Å². The van der Waals surface area contributed by atoms with Crippen LogP contribution in [-0.2, 0) is 0 Å². The van der Waals surface area contributed by atoms with Gasteiger partial charge in [0.05, 0.1) is 17.4 Å². The minimum Gasteiger partial charge on any atom is -0.311 e. The highest BCUT2D eigenvalue weighted by molar-refractivity contribution is 6.27. The van der Waals surface area contributed by atoms with Crippen LogP contribution in [0.3, 0.4) is 0 Å². The van der Waals surface area contributed by atoms with Crippen LogP contribution in [0.25, 0.3) is 10.8 Å². The Morgan fingerprint density at radius 2 is 1.11 bits per heavy atom. The largest absolute Gasteiger partial charge is 0.311 e. The zero-order valence-electron chi connectivity index (χ0n) is 33.0. The Balaban J connectivity index is 1.06. The predicted molar refractivity (Wildman–Crippen MR) is 235 cm³/mol. The monoisotopic (exact) mass is 752 g/mol. The third kappa shape index (κ3) is 8.13. The number of imide groups is 1. The van der Waals surface area contributed by atoms with Crippen molar-refractivity contribution in [1.82, 2.24) is 4.90 Å². The molecule has 2 aliphatic rings. The van der Waals surface area contributed by atoms with Crippen LogP contribution in [0.5, 0.6) is 0 Å². The average molecular weight is 753 g/mol. The first-order chi connectivity index (χ1) is 28.1. The maximum absolute atomic E-state index is 14.0. The predicted octanol–water partition coefficient (Wildman–Crippen LogP) is 13.2. The summed E-state index contributed by atoms with van der Waals surface area (Å²) in [7, 11) is 0. The Labute approximate surface area is 337 Å². The number of rotatable bonds is 17. The summed E-state index contributed by atoms with van der Waals surface area (Å²) >= 11 is 0. The summed E-state index contributed by atoms with van der Waals surface area (Å²) in [6, 6.07) is 49.7. The van der Waals surface area contributed by atoms with Crippen LogP contribution in [0, 0.1) is 0 Å². The molecule has 0 saturated heterocycles. The van der Waals surface area contributed by atoms with Crippen LogP contribution < -0.4 is 9.91 Å². The highest BCUT2D eigenvalue weighted by atomic mass is 16.2. The van der Waals surface area contributed by atoms with E-state index in [0.29, 0.717) is 24.1 Å². The van der Waals surface area contributed by atoms with Crippen LogP contribution in [-0.4, -0.2) is 29.0 Å². The van der Waals surface area contributed by atoms with Crippen molar-refractivity contribution in [2.45, 2.75) is 83.6 Å². The molecule has 288 valence electrons. The first kappa shape index (κ1) is 37.9. The molecule has 2 aliphatic heterocycles. The van der Waals surface area contributed by atoms with Crippen LogP contribution in [0.15, 0.2) is 151 Å². The SMILES string of the molecule is CCCCCCCCCCCCN1C(=O)c2cccc3c(N4N=C(c5ccccc5)CC4c4ccc(N(c5ccccc5)c5ccccc5)cc4)ccc(c23)C1=O. The molecule has 6 aromatic rings. The summed E-state index contributed by atoms with van der Waals surface area (Å²) < 4.78 is 0. The second kappa shape index (κ2) is 17.8. The van der Waals surface area contributed by atoms with E-state index in [4.69, 9.17) is 5.10 Å². The van der Waals surface area contributed by atoms with Gasteiger partial charge >= 0.3 is 0 Å². The van der Waals surface area contributed by atoms with E-state index >= 15 is 0 Å². The molecule has 0 fully saturated rings. The normalized spacial score (nSPS) is 15.0. The summed E-state index contributed by atoms with van der Waals surface area (Å²) in [5.74, 6) is -0.399. The van der Waals surface area contributed by atoms with Crippen molar-refractivity contribution in [2.24, 2.45) is 5.10 Å². The molecule has 2 amide bonds. The molecule has 8 rings (SSSR count). The van der Waals surface area contributed by atoms with Crippen molar-refractivity contribution in [3.05, 3.63) is 168 Å². The van der Waals surface area contributed by atoms with E-state index < -0.39 is 0 Å². The third-order valence-electron chi connectivity index (χ3n) is 11.5. The van der Waals surface area contributed by atoms with Gasteiger partial charge in [-0.1, -0.05) is 156 Å². The zero-order valence-corrected chi connectivity index (χ0v) is 33.0. The molecule has 6 heteroatoms. The summed E-state index contributed by atoms with van der Waals surface area (Å²) in [5.41, 5.74) is 8.50. The van der Waals surface area contributed by atoms with Gasteiger partial charge in [0.2, 0.25) is 0 Å². The molecule has 1 atom stereocenters. The van der Waals surface area contributed by atoms with Gasteiger partial charge in [-0.25, -0.2) is 0 Å². The minimum absolute atomic E-state index is 0.101. The second-order valence-corrected chi connectivity index (χ2v) is 15.4. The van der Waals surface area contributed by atoms with Crippen LogP contribution in [0.2, 0.25) is 0 Å². The molecule has 6 nitrogen and oxygen atoms in total. The van der Waals surface area contributed by atoms with Crippen LogP contribution in [0.1, 0.15) is 115 Å². The van der Waals surface area contributed by atoms with Gasteiger partial charge in [-0.05, 0) is 72.1 Å². The molecule has 2 heterocycles. The van der Waals surface area contributed by atoms with E-state index in [1.165, 1.54) is 49.8 Å². The third-order valence-corrected chi connectivity index (χ3v) is 11.5. The molecule has 0 spiro atoms. The number of amides is 2. The standard InChI is InChI=1S/C51H52N4O2/c1-2-3-4-5-6-7-8-9-10-20-36-53-50(56)44-29-21-28-43-47(35-34-45(49(43)44)51(53)57)55-48(37-46(52-55)38-22-14-11-15-23-38)39-30-32-42(33-31-39)54(40-24-16-12-17-25-40)41-26-18-13-19-27-41/h11-19,21-35,48H,2-10,20,36-37H2,1H3. The summed E-state index contributed by atoms with van der Waals surface area (Å²) in [4.78, 5) is 31.8. The average Bonchev–Trinajstić information content (AvgIpc) is 3.71. The molecule has 0 radical (unpaired) electrons. The quantitative estimate of drug-likeness (QED) is 0.0688. The van der Waals surface area contributed by atoms with Crippen molar-refractivity contribution in [3.8, 4) is 0 Å². The lowest BCUT2D eigenvalue weighted by Crippen LogP contribution is -2.41. The fraction of sp³-hybridized carbons (Fsp3) is 0.275. The van der Waals surface area contributed by atoms with Crippen molar-refractivity contribution in [3.63, 3.8) is 0 Å². The number of anilines is 4. The smallest absolute Gasteiger partial charge is 0.261 e. The fourth-order valence-corrected chi connectivity index (χ4v) is 8.54. The lowest BCUT2D eigenvalue weighted by molar-refractivity contribution is 0.0607. The van der Waals surface area contributed by atoms with E-state index in [0.717, 1.165) is 69.6 Å². The zero-order chi connectivity index (χ0) is 39.0. The van der Waals surface area contributed by atoms with Gasteiger partial charge in [-0.3, -0.25) is 19.5 Å². The Morgan fingerprint density at radius 1 is 0.561 bits per heavy atom. The van der Waals surface area contributed by atoms with Crippen molar-refractivity contribution in [2.75, 3.05) is 16.5 Å². The molecule has 0 saturated carbocycles. The van der Waals surface area contributed by atoms with Gasteiger partial charge in [-0.2, -0.15) is 5.10 Å². The van der Waals surface area contributed by atoms with Crippen LogP contribution >= 0.6 is 0 Å². The minimum atomic E-state index is -0.199. The van der Waals surface area contributed by atoms with E-state index in [1.807, 2.05) is 60.7 Å². The number of benzene rings is 6. The molecular formula is C51H52N4O2. The highest BCUT2D eigenvalue weighted by Crippen LogP contribution is 2.44. The number of unbranched alkanes of at least 4 members (excludes halogenated alkanes) is 9. The van der Waals surface area contributed by atoms with Crippen LogP contribution in [0.4, 0.5) is 22.7 Å². The number of nitrogens with zero attached hydrogens (tertiary/aromatic N) is 4. The number of carbonyl (C=O) groups is 2. The van der Waals surface area contributed by atoms with E-state index in [-0.39, 0.29) is 17.9 Å². The highest BCUT2D eigenvalue weighted by Gasteiger charge is 2.36. The molecular weight excluding hydrogens is 701 g/mol. The Morgan fingerprint density at radius 3 is 1.72 bits per heavy atom. The number of hydrazone groups is 1. The maximum Gasteiger partial charge on any atom is 0.261 e. The topological polar surface area (TPSA) is 56.2 Å². The second-order valence-electron chi connectivity index (χ2n) is 15.4. The summed E-state index contributed by atoms with van der Waals surface area (Å²) in [6.07, 6.45) is 12.8. The molecule has 0 aliphatic carbocycles. The molecule has 6 aromatic carbocycles. The number of hydrogen-bond donors (Lipinski definition) is 0. The lowest BCUT2D eigenvalue weighted by Gasteiger charge is -2.30. The summed E-state index contributed by atoms with van der Waals surface area (Å²) in [6.45, 7) is 2.70.